The van der Waals surface area contributed by atoms with Gasteiger partial charge in [-0.15, -0.1) is 0 Å². The SMILES string of the molecule is CC(=O)NCC1CCN(c2nc[nH]c(=O)c2Br)CC1. The average molecular weight is 329 g/mol. The van der Waals surface area contributed by atoms with E-state index in [1.54, 1.807) is 0 Å². The van der Waals surface area contributed by atoms with Crippen LogP contribution in [-0.2, 0) is 4.79 Å². The van der Waals surface area contributed by atoms with Crippen LogP contribution in [0.1, 0.15) is 19.8 Å². The number of rotatable bonds is 3. The molecule has 1 saturated heterocycles. The summed E-state index contributed by atoms with van der Waals surface area (Å²) in [6, 6.07) is 0. The number of anilines is 1. The molecule has 0 unspecified atom stereocenters. The van der Waals surface area contributed by atoms with Gasteiger partial charge in [-0.05, 0) is 34.7 Å². The van der Waals surface area contributed by atoms with Gasteiger partial charge in [0, 0.05) is 26.6 Å². The summed E-state index contributed by atoms with van der Waals surface area (Å²) < 4.78 is 0.482. The monoisotopic (exact) mass is 328 g/mol. The molecule has 0 spiro atoms. The Kier molecular flexibility index (Phi) is 4.57. The molecule has 1 aliphatic rings. The lowest BCUT2D eigenvalue weighted by molar-refractivity contribution is -0.119. The van der Waals surface area contributed by atoms with Gasteiger partial charge >= 0.3 is 0 Å². The molecule has 1 aromatic heterocycles. The van der Waals surface area contributed by atoms with Crippen molar-refractivity contribution in [1.82, 2.24) is 15.3 Å². The fraction of sp³-hybridized carbons (Fsp3) is 0.583. The normalized spacial score (nSPS) is 16.4. The predicted molar refractivity (Wildman–Crippen MR) is 76.2 cm³/mol. The molecule has 0 radical (unpaired) electrons. The number of nitrogens with one attached hydrogen (secondary N) is 2. The highest BCUT2D eigenvalue weighted by Crippen LogP contribution is 2.25. The number of carbonyl (C=O) groups is 1. The highest BCUT2D eigenvalue weighted by Gasteiger charge is 2.22. The molecular weight excluding hydrogens is 312 g/mol. The molecule has 1 fully saturated rings. The quantitative estimate of drug-likeness (QED) is 0.863. The number of nitrogens with zero attached hydrogens (tertiary/aromatic N) is 2. The topological polar surface area (TPSA) is 78.1 Å². The summed E-state index contributed by atoms with van der Waals surface area (Å²) >= 11 is 3.28. The van der Waals surface area contributed by atoms with E-state index in [0.717, 1.165) is 32.5 Å². The van der Waals surface area contributed by atoms with E-state index >= 15 is 0 Å². The minimum Gasteiger partial charge on any atom is -0.356 e. The summed E-state index contributed by atoms with van der Waals surface area (Å²) in [6.45, 7) is 3.96. The van der Waals surface area contributed by atoms with Crippen LogP contribution in [0.5, 0.6) is 0 Å². The van der Waals surface area contributed by atoms with Gasteiger partial charge in [0.05, 0.1) is 6.33 Å². The zero-order chi connectivity index (χ0) is 13.8. The maximum Gasteiger partial charge on any atom is 0.267 e. The number of aromatic amines is 1. The molecule has 2 rings (SSSR count). The molecular formula is C12H17BrN4O2. The fourth-order valence-electron chi connectivity index (χ4n) is 2.23. The zero-order valence-electron chi connectivity index (χ0n) is 10.8. The van der Waals surface area contributed by atoms with Gasteiger partial charge in [-0.25, -0.2) is 4.98 Å². The lowest BCUT2D eigenvalue weighted by Gasteiger charge is -2.33. The molecule has 6 nitrogen and oxygen atoms in total. The molecule has 0 atom stereocenters. The van der Waals surface area contributed by atoms with Gasteiger partial charge in [0.15, 0.2) is 0 Å². The summed E-state index contributed by atoms with van der Waals surface area (Å²) in [5.74, 6) is 1.21. The Hall–Kier alpha value is -1.37. The molecule has 0 aromatic carbocycles. The van der Waals surface area contributed by atoms with E-state index in [0.29, 0.717) is 16.2 Å². The number of hydrogen-bond donors (Lipinski definition) is 2. The summed E-state index contributed by atoms with van der Waals surface area (Å²) in [7, 11) is 0. The molecule has 104 valence electrons. The number of carbonyl (C=O) groups excluding carboxylic acids is 1. The molecule has 0 aliphatic carbocycles. The first-order chi connectivity index (χ1) is 9.08. The molecule has 0 bridgehead atoms. The molecule has 1 amide bonds. The van der Waals surface area contributed by atoms with Crippen LogP contribution in [0.4, 0.5) is 5.82 Å². The average Bonchev–Trinajstić information content (AvgIpc) is 2.40. The highest BCUT2D eigenvalue weighted by molar-refractivity contribution is 9.10. The van der Waals surface area contributed by atoms with Gasteiger partial charge in [0.2, 0.25) is 5.91 Å². The highest BCUT2D eigenvalue weighted by atomic mass is 79.9. The van der Waals surface area contributed by atoms with Crippen molar-refractivity contribution in [2.45, 2.75) is 19.8 Å². The number of H-pyrrole nitrogens is 1. The summed E-state index contributed by atoms with van der Waals surface area (Å²) in [5, 5.41) is 2.85. The summed E-state index contributed by atoms with van der Waals surface area (Å²) in [4.78, 5) is 31.2. The maximum atomic E-state index is 11.5. The molecule has 1 aromatic rings. The Morgan fingerprint density at radius 1 is 1.58 bits per heavy atom. The molecule has 19 heavy (non-hydrogen) atoms. The molecule has 2 heterocycles. The third-order valence-electron chi connectivity index (χ3n) is 3.33. The van der Waals surface area contributed by atoms with Crippen LogP contribution in [0.3, 0.4) is 0 Å². The largest absolute Gasteiger partial charge is 0.356 e. The third kappa shape index (κ3) is 3.56. The smallest absolute Gasteiger partial charge is 0.267 e. The second-order valence-electron chi connectivity index (χ2n) is 4.74. The lowest BCUT2D eigenvalue weighted by Crippen LogP contribution is -2.39. The van der Waals surface area contributed by atoms with E-state index in [1.807, 2.05) is 0 Å². The van der Waals surface area contributed by atoms with E-state index in [9.17, 15) is 9.59 Å². The number of halogens is 1. The van der Waals surface area contributed by atoms with Crippen molar-refractivity contribution >= 4 is 27.7 Å². The Morgan fingerprint density at radius 3 is 2.89 bits per heavy atom. The van der Waals surface area contributed by atoms with E-state index < -0.39 is 0 Å². The molecule has 2 N–H and O–H groups in total. The first kappa shape index (κ1) is 14.0. The second kappa shape index (κ2) is 6.18. The Balaban J connectivity index is 1.94. The number of amides is 1. The van der Waals surface area contributed by atoms with Crippen LogP contribution in [-0.4, -0.2) is 35.5 Å². The number of aromatic nitrogens is 2. The Labute approximate surface area is 119 Å². The van der Waals surface area contributed by atoms with Crippen molar-refractivity contribution in [2.75, 3.05) is 24.5 Å². The van der Waals surface area contributed by atoms with E-state index in [1.165, 1.54) is 13.3 Å². The minimum atomic E-state index is -0.162. The second-order valence-corrected chi connectivity index (χ2v) is 5.53. The van der Waals surface area contributed by atoms with Gasteiger partial charge in [-0.1, -0.05) is 0 Å². The standard InChI is InChI=1S/C12H17BrN4O2/c1-8(18)14-6-9-2-4-17(5-3-9)11-10(13)12(19)16-7-15-11/h7,9H,2-6H2,1H3,(H,14,18)(H,15,16,19). The molecule has 7 heteroatoms. The van der Waals surface area contributed by atoms with Crippen LogP contribution in [0.2, 0.25) is 0 Å². The van der Waals surface area contributed by atoms with Crippen LogP contribution < -0.4 is 15.8 Å². The van der Waals surface area contributed by atoms with Crippen molar-refractivity contribution in [1.29, 1.82) is 0 Å². The summed E-state index contributed by atoms with van der Waals surface area (Å²) in [5.41, 5.74) is -0.162. The van der Waals surface area contributed by atoms with Gasteiger partial charge < -0.3 is 15.2 Å². The van der Waals surface area contributed by atoms with Crippen molar-refractivity contribution in [2.24, 2.45) is 5.92 Å². The fourth-order valence-corrected chi connectivity index (χ4v) is 2.70. The lowest BCUT2D eigenvalue weighted by atomic mass is 9.97. The van der Waals surface area contributed by atoms with E-state index in [-0.39, 0.29) is 11.5 Å². The van der Waals surface area contributed by atoms with E-state index in [4.69, 9.17) is 0 Å². The first-order valence-corrected chi connectivity index (χ1v) is 7.10. The van der Waals surface area contributed by atoms with Crippen molar-refractivity contribution < 1.29 is 4.79 Å². The van der Waals surface area contributed by atoms with Crippen molar-refractivity contribution in [3.63, 3.8) is 0 Å². The number of piperidine rings is 1. The minimum absolute atomic E-state index is 0.0152. The van der Waals surface area contributed by atoms with Crippen LogP contribution in [0.25, 0.3) is 0 Å². The van der Waals surface area contributed by atoms with Crippen LogP contribution >= 0.6 is 15.9 Å². The third-order valence-corrected chi connectivity index (χ3v) is 4.05. The van der Waals surface area contributed by atoms with Crippen molar-refractivity contribution in [3.05, 3.63) is 21.2 Å². The van der Waals surface area contributed by atoms with Crippen LogP contribution in [0, 0.1) is 5.92 Å². The first-order valence-electron chi connectivity index (χ1n) is 6.30. The van der Waals surface area contributed by atoms with Gasteiger partial charge in [-0.3, -0.25) is 9.59 Å². The molecule has 1 aliphatic heterocycles. The van der Waals surface area contributed by atoms with Gasteiger partial charge in [-0.2, -0.15) is 0 Å². The summed E-state index contributed by atoms with van der Waals surface area (Å²) in [6.07, 6.45) is 3.40. The Morgan fingerprint density at radius 2 is 2.26 bits per heavy atom. The van der Waals surface area contributed by atoms with Crippen LogP contribution in [0.15, 0.2) is 15.6 Å². The Bertz CT molecular complexity index is 509. The van der Waals surface area contributed by atoms with Gasteiger partial charge in [0.1, 0.15) is 10.3 Å². The number of hydrogen-bond acceptors (Lipinski definition) is 4. The zero-order valence-corrected chi connectivity index (χ0v) is 12.4. The van der Waals surface area contributed by atoms with Crippen molar-refractivity contribution in [3.8, 4) is 0 Å². The predicted octanol–water partition coefficient (Wildman–Crippen LogP) is 0.885. The maximum absolute atomic E-state index is 11.5. The van der Waals surface area contributed by atoms with E-state index in [2.05, 4.69) is 36.1 Å². The molecule has 0 saturated carbocycles. The van der Waals surface area contributed by atoms with Gasteiger partial charge in [0.25, 0.3) is 5.56 Å².